The van der Waals surface area contributed by atoms with Crippen molar-refractivity contribution < 1.29 is 23.9 Å². The molecule has 1 aliphatic heterocycles. The van der Waals surface area contributed by atoms with Crippen LogP contribution < -0.4 is 5.32 Å². The summed E-state index contributed by atoms with van der Waals surface area (Å²) in [6.07, 6.45) is 4.87. The van der Waals surface area contributed by atoms with Crippen LogP contribution in [0.1, 0.15) is 43.0 Å². The Bertz CT molecular complexity index is 997. The van der Waals surface area contributed by atoms with Gasteiger partial charge in [-0.3, -0.25) is 19.3 Å². The van der Waals surface area contributed by atoms with Gasteiger partial charge in [0.15, 0.2) is 6.61 Å². The number of fused-ring (bicyclic) bond motifs is 1. The second-order valence-corrected chi connectivity index (χ2v) is 7.77. The molecule has 29 heavy (non-hydrogen) atoms. The van der Waals surface area contributed by atoms with E-state index in [1.165, 1.54) is 0 Å². The van der Waals surface area contributed by atoms with E-state index in [0.717, 1.165) is 35.1 Å². The van der Waals surface area contributed by atoms with E-state index in [9.17, 15) is 19.2 Å². The minimum absolute atomic E-state index is 0.0113. The van der Waals surface area contributed by atoms with Crippen LogP contribution in [-0.2, 0) is 14.3 Å². The Labute approximate surface area is 167 Å². The number of benzene rings is 1. The molecule has 1 aromatic heterocycles. The van der Waals surface area contributed by atoms with Crippen molar-refractivity contribution in [2.75, 3.05) is 13.2 Å². The Morgan fingerprint density at radius 1 is 1.24 bits per heavy atom. The first-order valence-electron chi connectivity index (χ1n) is 9.81. The molecule has 3 amide bonds. The summed E-state index contributed by atoms with van der Waals surface area (Å²) in [6.45, 7) is 0.991. The van der Waals surface area contributed by atoms with Gasteiger partial charge in [0.25, 0.3) is 5.91 Å². The standard InChI is InChI=1S/C21H23N3O5/c1-13-6-4-5-9-21(13)19(27)24(20(28)23-21)11-18(26)29-12-17(25)15-10-22-16-8-3-2-7-14(15)16/h2-3,7-8,10,13,22H,4-6,9,11-12H2,1H3,(H,23,28)/t13-,21+/m1/s1. The predicted molar refractivity (Wildman–Crippen MR) is 104 cm³/mol. The molecular weight excluding hydrogens is 374 g/mol. The van der Waals surface area contributed by atoms with Gasteiger partial charge in [-0.05, 0) is 24.8 Å². The summed E-state index contributed by atoms with van der Waals surface area (Å²) in [5.41, 5.74) is 0.321. The number of rotatable bonds is 5. The highest BCUT2D eigenvalue weighted by atomic mass is 16.5. The molecule has 2 atom stereocenters. The summed E-state index contributed by atoms with van der Waals surface area (Å²) in [7, 11) is 0. The molecule has 0 bridgehead atoms. The Balaban J connectivity index is 1.38. The van der Waals surface area contributed by atoms with Crippen molar-refractivity contribution in [3.63, 3.8) is 0 Å². The second-order valence-electron chi connectivity index (χ2n) is 7.77. The fraction of sp³-hybridized carbons (Fsp3) is 0.429. The van der Waals surface area contributed by atoms with Crippen molar-refractivity contribution in [3.05, 3.63) is 36.0 Å². The molecule has 1 saturated heterocycles. The Morgan fingerprint density at radius 2 is 2.03 bits per heavy atom. The molecule has 1 aliphatic carbocycles. The molecule has 2 aliphatic rings. The molecule has 2 aromatic rings. The van der Waals surface area contributed by atoms with Gasteiger partial charge in [0.05, 0.1) is 0 Å². The normalized spacial score (nSPS) is 24.2. The number of nitrogens with one attached hydrogen (secondary N) is 2. The fourth-order valence-corrected chi connectivity index (χ4v) is 4.34. The molecule has 4 rings (SSSR count). The van der Waals surface area contributed by atoms with Gasteiger partial charge in [0.2, 0.25) is 5.78 Å². The van der Waals surface area contributed by atoms with Crippen LogP contribution in [0.4, 0.5) is 4.79 Å². The monoisotopic (exact) mass is 397 g/mol. The number of ketones is 1. The average Bonchev–Trinajstić information content (AvgIpc) is 3.24. The molecule has 2 heterocycles. The zero-order chi connectivity index (χ0) is 20.6. The van der Waals surface area contributed by atoms with Crippen molar-refractivity contribution in [1.82, 2.24) is 15.2 Å². The van der Waals surface area contributed by atoms with Gasteiger partial charge in [-0.1, -0.05) is 38.0 Å². The maximum absolute atomic E-state index is 12.9. The lowest BCUT2D eigenvalue weighted by Crippen LogP contribution is -2.54. The lowest BCUT2D eigenvalue weighted by Gasteiger charge is -2.36. The van der Waals surface area contributed by atoms with Gasteiger partial charge in [-0.2, -0.15) is 0 Å². The molecule has 0 unspecified atom stereocenters. The minimum Gasteiger partial charge on any atom is -0.456 e. The Kier molecular flexibility index (Phi) is 4.86. The lowest BCUT2D eigenvalue weighted by atomic mass is 9.73. The summed E-state index contributed by atoms with van der Waals surface area (Å²) < 4.78 is 5.06. The molecule has 1 aromatic carbocycles. The third kappa shape index (κ3) is 3.28. The number of esters is 1. The minimum atomic E-state index is -0.921. The highest BCUT2D eigenvalue weighted by Gasteiger charge is 2.55. The van der Waals surface area contributed by atoms with Crippen LogP contribution in [0.2, 0.25) is 0 Å². The van der Waals surface area contributed by atoms with Crippen molar-refractivity contribution in [3.8, 4) is 0 Å². The van der Waals surface area contributed by atoms with Crippen molar-refractivity contribution >= 4 is 34.6 Å². The summed E-state index contributed by atoms with van der Waals surface area (Å²) in [5, 5.41) is 3.54. The van der Waals surface area contributed by atoms with Crippen LogP contribution >= 0.6 is 0 Å². The van der Waals surface area contributed by atoms with Crippen LogP contribution in [0, 0.1) is 5.92 Å². The first-order valence-corrected chi connectivity index (χ1v) is 9.81. The predicted octanol–water partition coefficient (Wildman–Crippen LogP) is 2.39. The molecular formula is C21H23N3O5. The number of H-pyrrole nitrogens is 1. The topological polar surface area (TPSA) is 109 Å². The van der Waals surface area contributed by atoms with E-state index in [1.807, 2.05) is 25.1 Å². The quantitative estimate of drug-likeness (QED) is 0.457. The van der Waals surface area contributed by atoms with E-state index >= 15 is 0 Å². The molecule has 8 heteroatoms. The van der Waals surface area contributed by atoms with E-state index in [4.69, 9.17) is 4.74 Å². The van der Waals surface area contributed by atoms with Crippen LogP contribution in [0.5, 0.6) is 0 Å². The van der Waals surface area contributed by atoms with Gasteiger partial charge in [-0.15, -0.1) is 0 Å². The number of nitrogens with zero attached hydrogens (tertiary/aromatic N) is 1. The van der Waals surface area contributed by atoms with E-state index in [0.29, 0.717) is 12.0 Å². The number of hydrogen-bond acceptors (Lipinski definition) is 5. The number of hydrogen-bond donors (Lipinski definition) is 2. The number of carbonyl (C=O) groups excluding carboxylic acids is 4. The summed E-state index contributed by atoms with van der Waals surface area (Å²) >= 11 is 0. The highest BCUT2D eigenvalue weighted by molar-refractivity contribution is 6.10. The number of urea groups is 1. The SMILES string of the molecule is C[C@@H]1CCCC[C@]12NC(=O)N(CC(=O)OCC(=O)c1c[nH]c3ccccc13)C2=O. The largest absolute Gasteiger partial charge is 0.456 e. The van der Waals surface area contributed by atoms with Crippen LogP contribution in [0.3, 0.4) is 0 Å². The summed E-state index contributed by atoms with van der Waals surface area (Å²) in [6, 6.07) is 6.74. The Morgan fingerprint density at radius 3 is 2.83 bits per heavy atom. The first-order chi connectivity index (χ1) is 13.9. The zero-order valence-electron chi connectivity index (χ0n) is 16.2. The van der Waals surface area contributed by atoms with Gasteiger partial charge in [0.1, 0.15) is 12.1 Å². The van der Waals surface area contributed by atoms with Gasteiger partial charge >= 0.3 is 12.0 Å². The van der Waals surface area contributed by atoms with Crippen LogP contribution in [-0.4, -0.2) is 52.3 Å². The number of aromatic nitrogens is 1. The number of aromatic amines is 1. The number of imide groups is 1. The van der Waals surface area contributed by atoms with E-state index in [1.54, 1.807) is 12.3 Å². The Hall–Kier alpha value is -3.16. The van der Waals surface area contributed by atoms with E-state index in [2.05, 4.69) is 10.3 Å². The first kappa shape index (κ1) is 19.2. The molecule has 152 valence electrons. The number of amides is 3. The number of Topliss-reactive ketones (excluding diaryl/α,β-unsaturated/α-hetero) is 1. The average molecular weight is 397 g/mol. The molecule has 1 spiro atoms. The second kappa shape index (κ2) is 7.35. The number of carbonyl (C=O) groups is 4. The number of para-hydroxylation sites is 1. The van der Waals surface area contributed by atoms with Gasteiger partial charge in [0, 0.05) is 22.7 Å². The van der Waals surface area contributed by atoms with E-state index in [-0.39, 0.29) is 17.6 Å². The van der Waals surface area contributed by atoms with Gasteiger partial charge < -0.3 is 15.0 Å². The fourth-order valence-electron chi connectivity index (χ4n) is 4.34. The van der Waals surface area contributed by atoms with Gasteiger partial charge in [-0.25, -0.2) is 4.79 Å². The van der Waals surface area contributed by atoms with Crippen LogP contribution in [0.25, 0.3) is 10.9 Å². The summed E-state index contributed by atoms with van der Waals surface area (Å²) in [4.78, 5) is 53.7. The third-order valence-electron chi connectivity index (χ3n) is 6.04. The summed E-state index contributed by atoms with van der Waals surface area (Å²) in [5.74, 6) is -1.51. The number of ether oxygens (including phenoxy) is 1. The maximum atomic E-state index is 12.9. The van der Waals surface area contributed by atoms with Crippen LogP contribution in [0.15, 0.2) is 30.5 Å². The molecule has 0 radical (unpaired) electrons. The molecule has 2 fully saturated rings. The van der Waals surface area contributed by atoms with E-state index < -0.39 is 30.7 Å². The lowest BCUT2D eigenvalue weighted by molar-refractivity contribution is -0.147. The highest BCUT2D eigenvalue weighted by Crippen LogP contribution is 2.38. The zero-order valence-corrected chi connectivity index (χ0v) is 16.2. The third-order valence-corrected chi connectivity index (χ3v) is 6.04. The van der Waals surface area contributed by atoms with Crippen molar-refractivity contribution in [2.45, 2.75) is 38.1 Å². The van der Waals surface area contributed by atoms with Crippen molar-refractivity contribution in [2.24, 2.45) is 5.92 Å². The molecule has 8 nitrogen and oxygen atoms in total. The maximum Gasteiger partial charge on any atom is 0.326 e. The molecule has 2 N–H and O–H groups in total. The smallest absolute Gasteiger partial charge is 0.326 e. The van der Waals surface area contributed by atoms with Crippen molar-refractivity contribution in [1.29, 1.82) is 0 Å². The molecule has 1 saturated carbocycles.